The standard InChI is InChI=1S/C27H25NO7/c1-16-8-6-11-19(14-16)26(32)34-22(24(29)28-21-13-5-4-10-18(21)3)23(25(30)31)35-27(33)20-12-7-9-17(2)15-20/h4-15,22-23H,1-3H3,(H,28,29)(H,30,31)/t22-,23-/m1/s1. The Bertz CT molecular complexity index is 1270. The van der Waals surface area contributed by atoms with E-state index in [2.05, 4.69) is 5.32 Å². The van der Waals surface area contributed by atoms with Crippen LogP contribution in [0.25, 0.3) is 0 Å². The number of aryl methyl sites for hydroxylation is 3. The summed E-state index contributed by atoms with van der Waals surface area (Å²) in [5, 5.41) is 12.4. The number of anilines is 1. The van der Waals surface area contributed by atoms with Crippen molar-refractivity contribution >= 4 is 29.5 Å². The number of carbonyl (C=O) groups is 4. The molecule has 2 N–H and O–H groups in total. The van der Waals surface area contributed by atoms with E-state index in [0.29, 0.717) is 11.3 Å². The number of para-hydroxylation sites is 1. The Morgan fingerprint density at radius 2 is 1.23 bits per heavy atom. The van der Waals surface area contributed by atoms with Crippen molar-refractivity contribution in [1.82, 2.24) is 0 Å². The summed E-state index contributed by atoms with van der Waals surface area (Å²) in [6, 6.07) is 19.5. The molecule has 3 aromatic rings. The van der Waals surface area contributed by atoms with Crippen molar-refractivity contribution in [3.63, 3.8) is 0 Å². The van der Waals surface area contributed by atoms with Crippen LogP contribution in [0.1, 0.15) is 37.4 Å². The van der Waals surface area contributed by atoms with E-state index in [0.717, 1.165) is 11.1 Å². The van der Waals surface area contributed by atoms with E-state index in [1.807, 2.05) is 0 Å². The lowest BCUT2D eigenvalue weighted by molar-refractivity contribution is -0.157. The third-order valence-electron chi connectivity index (χ3n) is 5.16. The fourth-order valence-corrected chi connectivity index (χ4v) is 3.32. The van der Waals surface area contributed by atoms with Gasteiger partial charge in [0.1, 0.15) is 0 Å². The average molecular weight is 475 g/mol. The first-order chi connectivity index (χ1) is 16.7. The number of rotatable bonds is 8. The quantitative estimate of drug-likeness (QED) is 0.471. The molecule has 8 nitrogen and oxygen atoms in total. The van der Waals surface area contributed by atoms with E-state index >= 15 is 0 Å². The molecule has 0 saturated heterocycles. The highest BCUT2D eigenvalue weighted by molar-refractivity contribution is 6.01. The molecule has 2 atom stereocenters. The smallest absolute Gasteiger partial charge is 0.349 e. The molecular weight excluding hydrogens is 450 g/mol. The van der Waals surface area contributed by atoms with E-state index in [9.17, 15) is 24.3 Å². The summed E-state index contributed by atoms with van der Waals surface area (Å²) in [7, 11) is 0. The molecule has 0 aliphatic rings. The molecule has 0 aliphatic heterocycles. The van der Waals surface area contributed by atoms with Gasteiger partial charge in [0, 0.05) is 5.69 Å². The Kier molecular flexibility index (Phi) is 7.99. The number of hydrogen-bond acceptors (Lipinski definition) is 6. The summed E-state index contributed by atoms with van der Waals surface area (Å²) in [6.07, 6.45) is -4.06. The molecule has 8 heteroatoms. The van der Waals surface area contributed by atoms with Crippen molar-refractivity contribution in [2.75, 3.05) is 5.32 Å². The van der Waals surface area contributed by atoms with E-state index in [1.165, 1.54) is 24.3 Å². The van der Waals surface area contributed by atoms with Crippen molar-refractivity contribution in [3.8, 4) is 0 Å². The van der Waals surface area contributed by atoms with Crippen LogP contribution in [0.4, 0.5) is 5.69 Å². The molecule has 3 aromatic carbocycles. The molecule has 0 heterocycles. The lowest BCUT2D eigenvalue weighted by atomic mass is 10.1. The van der Waals surface area contributed by atoms with Crippen molar-refractivity contribution in [3.05, 3.63) is 101 Å². The minimum absolute atomic E-state index is 0.0966. The fourth-order valence-electron chi connectivity index (χ4n) is 3.32. The van der Waals surface area contributed by atoms with Crippen molar-refractivity contribution in [1.29, 1.82) is 0 Å². The first-order valence-corrected chi connectivity index (χ1v) is 10.8. The summed E-state index contributed by atoms with van der Waals surface area (Å²) >= 11 is 0. The predicted octanol–water partition coefficient (Wildman–Crippen LogP) is 4.09. The lowest BCUT2D eigenvalue weighted by Crippen LogP contribution is -2.48. The number of carboxylic acid groups (broad SMARTS) is 1. The van der Waals surface area contributed by atoms with Gasteiger partial charge in [-0.1, -0.05) is 53.6 Å². The predicted molar refractivity (Wildman–Crippen MR) is 128 cm³/mol. The molecule has 180 valence electrons. The number of carbonyl (C=O) groups excluding carboxylic acids is 3. The second-order valence-electron chi connectivity index (χ2n) is 8.03. The molecule has 1 amide bonds. The van der Waals surface area contributed by atoms with Crippen LogP contribution in [-0.4, -0.2) is 41.1 Å². The van der Waals surface area contributed by atoms with Crippen molar-refractivity contribution in [2.24, 2.45) is 0 Å². The van der Waals surface area contributed by atoms with Gasteiger partial charge in [0.25, 0.3) is 5.91 Å². The summed E-state index contributed by atoms with van der Waals surface area (Å²) < 4.78 is 10.5. The maximum absolute atomic E-state index is 13.2. The largest absolute Gasteiger partial charge is 0.478 e. The molecule has 0 radical (unpaired) electrons. The summed E-state index contributed by atoms with van der Waals surface area (Å²) in [5.74, 6) is -4.50. The summed E-state index contributed by atoms with van der Waals surface area (Å²) in [4.78, 5) is 50.8. The number of aliphatic carboxylic acids is 1. The molecule has 0 unspecified atom stereocenters. The van der Waals surface area contributed by atoms with Crippen LogP contribution < -0.4 is 5.32 Å². The van der Waals surface area contributed by atoms with Crippen LogP contribution >= 0.6 is 0 Å². The van der Waals surface area contributed by atoms with Crippen LogP contribution in [0.3, 0.4) is 0 Å². The Hall–Kier alpha value is -4.46. The van der Waals surface area contributed by atoms with Crippen LogP contribution in [0.2, 0.25) is 0 Å². The molecule has 3 rings (SSSR count). The Morgan fingerprint density at radius 1 is 0.714 bits per heavy atom. The SMILES string of the molecule is Cc1cccc(C(=O)O[C@@H](C(=O)O)[C@@H](OC(=O)c2cccc(C)c2)C(=O)Nc2ccccc2C)c1. The van der Waals surface area contributed by atoms with Gasteiger partial charge in [-0.05, 0) is 56.7 Å². The number of hydrogen-bond donors (Lipinski definition) is 2. The number of nitrogens with one attached hydrogen (secondary N) is 1. The van der Waals surface area contributed by atoms with Crippen LogP contribution in [0.5, 0.6) is 0 Å². The van der Waals surface area contributed by atoms with Crippen molar-refractivity contribution in [2.45, 2.75) is 33.0 Å². The molecule has 0 saturated carbocycles. The highest BCUT2D eigenvalue weighted by Crippen LogP contribution is 2.18. The van der Waals surface area contributed by atoms with E-state index in [-0.39, 0.29) is 11.1 Å². The van der Waals surface area contributed by atoms with Crippen LogP contribution in [-0.2, 0) is 19.1 Å². The Morgan fingerprint density at radius 3 is 1.71 bits per heavy atom. The zero-order chi connectivity index (χ0) is 25.5. The molecule has 35 heavy (non-hydrogen) atoms. The zero-order valence-corrected chi connectivity index (χ0v) is 19.5. The molecular formula is C27H25NO7. The molecule has 0 aliphatic carbocycles. The first kappa shape index (κ1) is 25.2. The molecule has 0 bridgehead atoms. The molecule has 0 fully saturated rings. The normalized spacial score (nSPS) is 12.2. The minimum Gasteiger partial charge on any atom is -0.478 e. The maximum atomic E-state index is 13.2. The number of ether oxygens (including phenoxy) is 2. The average Bonchev–Trinajstić information content (AvgIpc) is 2.82. The third kappa shape index (κ3) is 6.54. The van der Waals surface area contributed by atoms with Crippen LogP contribution in [0.15, 0.2) is 72.8 Å². The van der Waals surface area contributed by atoms with Gasteiger partial charge in [0.2, 0.25) is 12.2 Å². The van der Waals surface area contributed by atoms with Gasteiger partial charge in [-0.2, -0.15) is 0 Å². The highest BCUT2D eigenvalue weighted by Gasteiger charge is 2.41. The number of esters is 2. The topological polar surface area (TPSA) is 119 Å². The third-order valence-corrected chi connectivity index (χ3v) is 5.16. The second kappa shape index (κ2) is 11.1. The first-order valence-electron chi connectivity index (χ1n) is 10.8. The van der Waals surface area contributed by atoms with Gasteiger partial charge in [-0.25, -0.2) is 14.4 Å². The second-order valence-corrected chi connectivity index (χ2v) is 8.03. The number of benzene rings is 3. The number of amides is 1. The summed E-state index contributed by atoms with van der Waals surface area (Å²) in [6.45, 7) is 5.27. The Balaban J connectivity index is 1.93. The molecule has 0 spiro atoms. The van der Waals surface area contributed by atoms with E-state index in [1.54, 1.807) is 69.3 Å². The zero-order valence-electron chi connectivity index (χ0n) is 19.5. The van der Waals surface area contributed by atoms with Gasteiger partial charge in [0.05, 0.1) is 11.1 Å². The van der Waals surface area contributed by atoms with Gasteiger partial charge in [0.15, 0.2) is 0 Å². The van der Waals surface area contributed by atoms with Gasteiger partial charge >= 0.3 is 17.9 Å². The number of carboxylic acids is 1. The highest BCUT2D eigenvalue weighted by atomic mass is 16.6. The van der Waals surface area contributed by atoms with Gasteiger partial charge < -0.3 is 19.9 Å². The summed E-state index contributed by atoms with van der Waals surface area (Å²) in [5.41, 5.74) is 2.83. The Labute approximate surface area is 202 Å². The monoisotopic (exact) mass is 475 g/mol. The van der Waals surface area contributed by atoms with Gasteiger partial charge in [-0.15, -0.1) is 0 Å². The molecule has 0 aromatic heterocycles. The minimum atomic E-state index is -2.10. The van der Waals surface area contributed by atoms with Crippen LogP contribution in [0, 0.1) is 20.8 Å². The lowest BCUT2D eigenvalue weighted by Gasteiger charge is -2.24. The maximum Gasteiger partial charge on any atom is 0.349 e. The van der Waals surface area contributed by atoms with Gasteiger partial charge in [-0.3, -0.25) is 4.79 Å². The fraction of sp³-hybridized carbons (Fsp3) is 0.185. The van der Waals surface area contributed by atoms with E-state index in [4.69, 9.17) is 9.47 Å². The van der Waals surface area contributed by atoms with E-state index < -0.39 is 36.0 Å². The van der Waals surface area contributed by atoms with Crippen molar-refractivity contribution < 1.29 is 33.8 Å².